The van der Waals surface area contributed by atoms with Crippen LogP contribution < -0.4 is 5.32 Å². The van der Waals surface area contributed by atoms with E-state index < -0.39 is 4.92 Å². The van der Waals surface area contributed by atoms with Gasteiger partial charge in [-0.15, -0.1) is 0 Å². The number of nitro benzene ring substituents is 1. The van der Waals surface area contributed by atoms with Crippen LogP contribution in [-0.2, 0) is 4.79 Å². The molecule has 0 aromatic heterocycles. The summed E-state index contributed by atoms with van der Waals surface area (Å²) in [5, 5.41) is 14.4. The highest BCUT2D eigenvalue weighted by Gasteiger charge is 2.37. The molecule has 1 amide bonds. The highest BCUT2D eigenvalue weighted by molar-refractivity contribution is 5.96. The van der Waals surface area contributed by atoms with E-state index in [0.29, 0.717) is 5.70 Å². The lowest BCUT2D eigenvalue weighted by Gasteiger charge is -2.32. The van der Waals surface area contributed by atoms with Gasteiger partial charge in [0, 0.05) is 18.2 Å². The van der Waals surface area contributed by atoms with E-state index in [1.807, 2.05) is 85.5 Å². The van der Waals surface area contributed by atoms with Gasteiger partial charge in [-0.2, -0.15) is 0 Å². The van der Waals surface area contributed by atoms with Crippen LogP contribution in [0.1, 0.15) is 48.7 Å². The molecule has 162 valence electrons. The summed E-state index contributed by atoms with van der Waals surface area (Å²) in [6, 6.07) is 25.7. The van der Waals surface area contributed by atoms with Crippen molar-refractivity contribution in [2.45, 2.75) is 32.0 Å². The average molecular weight is 428 g/mol. The molecule has 4 rings (SSSR count). The molecule has 1 N–H and O–H groups in total. The zero-order valence-electron chi connectivity index (χ0n) is 18.0. The average Bonchev–Trinajstić information content (AvgIpc) is 3.15. The third-order valence-corrected chi connectivity index (χ3v) is 5.91. The number of carbonyl (C=O) groups excluding carboxylic acids is 1. The first-order valence-electron chi connectivity index (χ1n) is 10.6. The number of hydrogen-bond donors (Lipinski definition) is 1. The van der Waals surface area contributed by atoms with E-state index in [-0.39, 0.29) is 29.7 Å². The summed E-state index contributed by atoms with van der Waals surface area (Å²) in [4.78, 5) is 26.0. The van der Waals surface area contributed by atoms with Gasteiger partial charge in [0.15, 0.2) is 0 Å². The number of rotatable bonds is 7. The van der Waals surface area contributed by atoms with Crippen molar-refractivity contribution in [2.75, 3.05) is 0 Å². The monoisotopic (exact) mass is 427 g/mol. The molecule has 0 bridgehead atoms. The molecule has 0 aliphatic carbocycles. The number of carbonyl (C=O) groups is 1. The van der Waals surface area contributed by atoms with Crippen LogP contribution in [0, 0.1) is 10.1 Å². The Hall–Kier alpha value is -3.93. The number of non-ortho nitro benzene ring substituents is 1. The van der Waals surface area contributed by atoms with Gasteiger partial charge < -0.3 is 10.2 Å². The van der Waals surface area contributed by atoms with Gasteiger partial charge in [-0.25, -0.2) is 0 Å². The van der Waals surface area contributed by atoms with Crippen LogP contribution in [0.4, 0.5) is 5.69 Å². The quantitative estimate of drug-likeness (QED) is 0.400. The Morgan fingerprint density at radius 3 is 2.00 bits per heavy atom. The Morgan fingerprint density at radius 1 is 0.875 bits per heavy atom. The van der Waals surface area contributed by atoms with Crippen LogP contribution in [0.25, 0.3) is 0 Å². The number of benzene rings is 3. The SMILES string of the molecule is C[C@@H](NC1=C[C@H](c2ccc([N+](=O)[O-])cc2)N([C@@H](C)c2ccccc2)C1=O)c1ccccc1. The van der Waals surface area contributed by atoms with Crippen LogP contribution in [0.5, 0.6) is 0 Å². The Kier molecular flexibility index (Phi) is 6.03. The van der Waals surface area contributed by atoms with E-state index in [0.717, 1.165) is 16.7 Å². The summed E-state index contributed by atoms with van der Waals surface area (Å²) in [7, 11) is 0. The second kappa shape index (κ2) is 9.06. The van der Waals surface area contributed by atoms with Crippen molar-refractivity contribution in [1.82, 2.24) is 10.2 Å². The molecule has 3 aromatic carbocycles. The molecule has 6 nitrogen and oxygen atoms in total. The minimum Gasteiger partial charge on any atom is -0.374 e. The number of hydrogen-bond acceptors (Lipinski definition) is 4. The second-order valence-electron chi connectivity index (χ2n) is 7.95. The third-order valence-electron chi connectivity index (χ3n) is 5.91. The van der Waals surface area contributed by atoms with Gasteiger partial charge in [0.05, 0.1) is 22.7 Å². The molecule has 32 heavy (non-hydrogen) atoms. The van der Waals surface area contributed by atoms with Gasteiger partial charge in [0.2, 0.25) is 0 Å². The number of amides is 1. The minimum absolute atomic E-state index is 0.0285. The predicted molar refractivity (Wildman–Crippen MR) is 124 cm³/mol. The molecule has 3 atom stereocenters. The maximum absolute atomic E-state index is 13.5. The van der Waals surface area contributed by atoms with Crippen molar-refractivity contribution in [3.05, 3.63) is 124 Å². The van der Waals surface area contributed by atoms with Crippen LogP contribution in [-0.4, -0.2) is 15.7 Å². The summed E-state index contributed by atoms with van der Waals surface area (Å²) in [6.07, 6.45) is 1.92. The Balaban J connectivity index is 1.68. The lowest BCUT2D eigenvalue weighted by atomic mass is 10.0. The maximum Gasteiger partial charge on any atom is 0.270 e. The van der Waals surface area contributed by atoms with Crippen molar-refractivity contribution in [1.29, 1.82) is 0 Å². The van der Waals surface area contributed by atoms with E-state index in [4.69, 9.17) is 0 Å². The fraction of sp³-hybridized carbons (Fsp3) is 0.192. The molecule has 1 aliphatic heterocycles. The Morgan fingerprint density at radius 2 is 1.44 bits per heavy atom. The normalized spacial score (nSPS) is 17.6. The highest BCUT2D eigenvalue weighted by atomic mass is 16.6. The largest absolute Gasteiger partial charge is 0.374 e. The molecule has 1 heterocycles. The van der Waals surface area contributed by atoms with Crippen molar-refractivity contribution in [2.24, 2.45) is 0 Å². The molecule has 3 aromatic rings. The Bertz CT molecular complexity index is 1130. The van der Waals surface area contributed by atoms with Gasteiger partial charge in [0.25, 0.3) is 11.6 Å². The third kappa shape index (κ3) is 4.25. The minimum atomic E-state index is -0.418. The van der Waals surface area contributed by atoms with Gasteiger partial charge >= 0.3 is 0 Å². The fourth-order valence-corrected chi connectivity index (χ4v) is 4.10. The smallest absolute Gasteiger partial charge is 0.270 e. The first-order valence-corrected chi connectivity index (χ1v) is 10.6. The lowest BCUT2D eigenvalue weighted by Crippen LogP contribution is -2.35. The molecule has 0 saturated heterocycles. The zero-order valence-corrected chi connectivity index (χ0v) is 18.0. The van der Waals surface area contributed by atoms with Crippen molar-refractivity contribution in [3.63, 3.8) is 0 Å². The van der Waals surface area contributed by atoms with E-state index in [1.54, 1.807) is 12.1 Å². The summed E-state index contributed by atoms with van der Waals surface area (Å²) in [5.74, 6) is -0.0903. The van der Waals surface area contributed by atoms with E-state index in [9.17, 15) is 14.9 Å². The standard InChI is InChI=1S/C26H25N3O3/c1-18(20-9-5-3-6-10-20)27-24-17-25(22-13-15-23(16-14-22)29(31)32)28(26(24)30)19(2)21-11-7-4-8-12-21/h3-19,25,27H,1-2H3/t18-,19+,25-/m1/s1. The molecule has 0 unspecified atom stereocenters. The van der Waals surface area contributed by atoms with Crippen molar-refractivity contribution in [3.8, 4) is 0 Å². The molecular weight excluding hydrogens is 402 g/mol. The fourth-order valence-electron chi connectivity index (χ4n) is 4.10. The Labute approximate surface area is 187 Å². The van der Waals surface area contributed by atoms with Crippen molar-refractivity contribution < 1.29 is 9.72 Å². The summed E-state index contributed by atoms with van der Waals surface area (Å²) < 4.78 is 0. The van der Waals surface area contributed by atoms with Gasteiger partial charge in [0.1, 0.15) is 0 Å². The predicted octanol–water partition coefficient (Wildman–Crippen LogP) is 5.47. The van der Waals surface area contributed by atoms with Gasteiger partial charge in [-0.05, 0) is 48.7 Å². The van der Waals surface area contributed by atoms with Crippen LogP contribution >= 0.6 is 0 Å². The van der Waals surface area contributed by atoms with E-state index in [1.165, 1.54) is 12.1 Å². The topological polar surface area (TPSA) is 75.5 Å². The number of nitrogens with zero attached hydrogens (tertiary/aromatic N) is 2. The molecule has 0 fully saturated rings. The summed E-state index contributed by atoms with van der Waals surface area (Å²) in [5.41, 5.74) is 3.50. The van der Waals surface area contributed by atoms with Crippen LogP contribution in [0.2, 0.25) is 0 Å². The zero-order chi connectivity index (χ0) is 22.7. The molecule has 0 radical (unpaired) electrons. The molecule has 0 spiro atoms. The molecule has 1 aliphatic rings. The molecular formula is C26H25N3O3. The highest BCUT2D eigenvalue weighted by Crippen LogP contribution is 2.38. The summed E-state index contributed by atoms with van der Waals surface area (Å²) in [6.45, 7) is 4.02. The molecule has 6 heteroatoms. The first kappa shape index (κ1) is 21.3. The number of nitro groups is 1. The van der Waals surface area contributed by atoms with E-state index in [2.05, 4.69) is 5.32 Å². The van der Waals surface area contributed by atoms with Gasteiger partial charge in [-0.1, -0.05) is 60.7 Å². The second-order valence-corrected chi connectivity index (χ2v) is 7.95. The van der Waals surface area contributed by atoms with Crippen LogP contribution in [0.15, 0.2) is 96.7 Å². The lowest BCUT2D eigenvalue weighted by molar-refractivity contribution is -0.384. The number of nitrogens with one attached hydrogen (secondary N) is 1. The molecule has 0 saturated carbocycles. The van der Waals surface area contributed by atoms with Crippen molar-refractivity contribution >= 4 is 11.6 Å². The first-order chi connectivity index (χ1) is 15.5. The van der Waals surface area contributed by atoms with Crippen LogP contribution in [0.3, 0.4) is 0 Å². The summed E-state index contributed by atoms with van der Waals surface area (Å²) >= 11 is 0. The van der Waals surface area contributed by atoms with Gasteiger partial charge in [-0.3, -0.25) is 14.9 Å². The van der Waals surface area contributed by atoms with E-state index >= 15 is 0 Å². The maximum atomic E-state index is 13.5.